The van der Waals surface area contributed by atoms with Crippen molar-refractivity contribution in [3.8, 4) is 0 Å². The molecular weight excluding hydrogens is 237 g/mol. The van der Waals surface area contributed by atoms with Crippen molar-refractivity contribution >= 4 is 21.8 Å². The van der Waals surface area contributed by atoms with Gasteiger partial charge in [-0.15, -0.1) is 0 Å². The summed E-state index contributed by atoms with van der Waals surface area (Å²) in [6.45, 7) is 2.48. The van der Waals surface area contributed by atoms with Gasteiger partial charge in [-0.2, -0.15) is 0 Å². The van der Waals surface area contributed by atoms with Gasteiger partial charge in [0.25, 0.3) is 0 Å². The number of likely N-dealkylation sites (N-methyl/N-ethyl adjacent to an activating group) is 1. The molecule has 0 aromatic rings. The minimum Gasteiger partial charge on any atom is -0.353 e. The van der Waals surface area contributed by atoms with Gasteiger partial charge in [0, 0.05) is 12.5 Å². The van der Waals surface area contributed by atoms with Crippen LogP contribution in [0.1, 0.15) is 19.8 Å². The zero-order valence-electron chi connectivity index (χ0n) is 7.52. The second-order valence-corrected chi connectivity index (χ2v) is 4.51. The molecule has 1 aliphatic carbocycles. The van der Waals surface area contributed by atoms with Crippen molar-refractivity contribution in [3.63, 3.8) is 0 Å². The van der Waals surface area contributed by atoms with Gasteiger partial charge in [0.1, 0.15) is 0 Å². The number of halogens is 2. The molecule has 0 spiro atoms. The number of amides is 1. The normalized spacial score (nSPS) is 32.1. The van der Waals surface area contributed by atoms with E-state index in [-0.39, 0.29) is 11.8 Å². The summed E-state index contributed by atoms with van der Waals surface area (Å²) in [5, 5.41) is 2.63. The van der Waals surface area contributed by atoms with Gasteiger partial charge < -0.3 is 5.32 Å². The minimum atomic E-state index is -1.17. The fourth-order valence-electron chi connectivity index (χ4n) is 1.10. The summed E-state index contributed by atoms with van der Waals surface area (Å²) >= 11 is 2.95. The molecule has 0 heterocycles. The van der Waals surface area contributed by atoms with Crippen LogP contribution in [0.5, 0.6) is 0 Å². The van der Waals surface area contributed by atoms with Crippen LogP contribution >= 0.6 is 15.9 Å². The van der Waals surface area contributed by atoms with Gasteiger partial charge in [0.15, 0.2) is 4.58 Å². The fraction of sp³-hybridized carbons (Fsp3) is 0.667. The summed E-state index contributed by atoms with van der Waals surface area (Å²) < 4.78 is 11.7. The van der Waals surface area contributed by atoms with Crippen LogP contribution in [0.15, 0.2) is 12.2 Å². The van der Waals surface area contributed by atoms with Crippen molar-refractivity contribution in [2.75, 3.05) is 6.54 Å². The molecule has 74 valence electrons. The molecule has 1 N–H and O–H groups in total. The molecule has 0 aromatic carbocycles. The second-order valence-electron chi connectivity index (χ2n) is 3.19. The van der Waals surface area contributed by atoms with E-state index in [9.17, 15) is 9.18 Å². The fourth-order valence-corrected chi connectivity index (χ4v) is 1.68. The van der Waals surface area contributed by atoms with Crippen LogP contribution in [-0.4, -0.2) is 17.0 Å². The van der Waals surface area contributed by atoms with Gasteiger partial charge in [-0.05, 0) is 41.8 Å². The summed E-state index contributed by atoms with van der Waals surface area (Å²) in [7, 11) is 0. The Morgan fingerprint density at radius 3 is 2.92 bits per heavy atom. The summed E-state index contributed by atoms with van der Waals surface area (Å²) in [6, 6.07) is 0. The van der Waals surface area contributed by atoms with Crippen LogP contribution < -0.4 is 5.32 Å². The lowest BCUT2D eigenvalue weighted by Crippen LogP contribution is -2.19. The molecule has 13 heavy (non-hydrogen) atoms. The van der Waals surface area contributed by atoms with Crippen LogP contribution in [0.2, 0.25) is 0 Å². The van der Waals surface area contributed by atoms with E-state index < -0.39 is 4.58 Å². The van der Waals surface area contributed by atoms with Crippen LogP contribution in [0, 0.1) is 5.92 Å². The van der Waals surface area contributed by atoms with Crippen molar-refractivity contribution in [1.29, 1.82) is 0 Å². The summed E-state index contributed by atoms with van der Waals surface area (Å²) in [5.41, 5.74) is 0. The SMILES string of the molecule is CCNC(=O)/C=C/CC1CC1(F)Br. The Kier molecular flexibility index (Phi) is 3.47. The quantitative estimate of drug-likeness (QED) is 0.601. The molecule has 1 rings (SSSR count). The third-order valence-electron chi connectivity index (χ3n) is 2.00. The average Bonchev–Trinajstić information content (AvgIpc) is 2.59. The highest BCUT2D eigenvalue weighted by atomic mass is 79.9. The highest BCUT2D eigenvalue weighted by Crippen LogP contribution is 2.54. The van der Waals surface area contributed by atoms with Crippen molar-refractivity contribution in [3.05, 3.63) is 12.2 Å². The molecule has 1 aliphatic rings. The predicted molar refractivity (Wildman–Crippen MR) is 53.3 cm³/mol. The largest absolute Gasteiger partial charge is 0.353 e. The lowest BCUT2D eigenvalue weighted by molar-refractivity contribution is -0.116. The van der Waals surface area contributed by atoms with Gasteiger partial charge in [0.05, 0.1) is 0 Å². The Balaban J connectivity index is 2.16. The molecule has 1 saturated carbocycles. The van der Waals surface area contributed by atoms with E-state index >= 15 is 0 Å². The highest BCUT2D eigenvalue weighted by Gasteiger charge is 2.52. The number of nitrogens with one attached hydrogen (secondary N) is 1. The van der Waals surface area contributed by atoms with E-state index in [2.05, 4.69) is 21.2 Å². The average molecular weight is 250 g/mol. The lowest BCUT2D eigenvalue weighted by atomic mass is 10.2. The van der Waals surface area contributed by atoms with Crippen molar-refractivity contribution in [1.82, 2.24) is 5.32 Å². The molecule has 0 bridgehead atoms. The van der Waals surface area contributed by atoms with E-state index in [1.165, 1.54) is 6.08 Å². The number of carbonyl (C=O) groups is 1. The van der Waals surface area contributed by atoms with E-state index in [0.29, 0.717) is 19.4 Å². The van der Waals surface area contributed by atoms with E-state index in [1.807, 2.05) is 6.92 Å². The number of allylic oxidation sites excluding steroid dienone is 1. The molecular formula is C9H13BrFNO. The van der Waals surface area contributed by atoms with Gasteiger partial charge in [-0.1, -0.05) is 6.08 Å². The van der Waals surface area contributed by atoms with Gasteiger partial charge in [0.2, 0.25) is 5.91 Å². The predicted octanol–water partition coefficient (Wildman–Crippen LogP) is 2.15. The second kappa shape index (κ2) is 4.22. The zero-order valence-corrected chi connectivity index (χ0v) is 9.10. The number of rotatable bonds is 4. The van der Waals surface area contributed by atoms with Gasteiger partial charge >= 0.3 is 0 Å². The number of hydrogen-bond acceptors (Lipinski definition) is 1. The van der Waals surface area contributed by atoms with Crippen molar-refractivity contribution in [2.45, 2.75) is 24.3 Å². The van der Waals surface area contributed by atoms with Gasteiger partial charge in [-0.3, -0.25) is 4.79 Å². The monoisotopic (exact) mass is 249 g/mol. The van der Waals surface area contributed by atoms with Gasteiger partial charge in [-0.25, -0.2) is 4.39 Å². The first-order valence-corrected chi connectivity index (χ1v) is 5.17. The van der Waals surface area contributed by atoms with E-state index in [1.54, 1.807) is 6.08 Å². The Morgan fingerprint density at radius 2 is 2.46 bits per heavy atom. The number of carbonyl (C=O) groups excluding carboxylic acids is 1. The maximum Gasteiger partial charge on any atom is 0.243 e. The molecule has 4 heteroatoms. The maximum atomic E-state index is 12.9. The molecule has 0 saturated heterocycles. The van der Waals surface area contributed by atoms with Crippen LogP contribution in [0.25, 0.3) is 0 Å². The topological polar surface area (TPSA) is 29.1 Å². The van der Waals surface area contributed by atoms with Crippen LogP contribution in [0.3, 0.4) is 0 Å². The standard InChI is InChI=1S/C9H13BrFNO/c1-2-12-8(13)5-3-4-7-6-9(7,10)11/h3,5,7H,2,4,6H2,1H3,(H,12,13)/b5-3+. The smallest absolute Gasteiger partial charge is 0.243 e. The molecule has 0 aliphatic heterocycles. The first-order chi connectivity index (χ1) is 6.06. The maximum absolute atomic E-state index is 12.9. The Morgan fingerprint density at radius 1 is 1.85 bits per heavy atom. The zero-order chi connectivity index (χ0) is 9.90. The van der Waals surface area contributed by atoms with E-state index in [4.69, 9.17) is 0 Å². The molecule has 2 atom stereocenters. The number of alkyl halides is 2. The van der Waals surface area contributed by atoms with E-state index in [0.717, 1.165) is 0 Å². The van der Waals surface area contributed by atoms with Crippen molar-refractivity contribution in [2.24, 2.45) is 5.92 Å². The lowest BCUT2D eigenvalue weighted by Gasteiger charge is -1.95. The molecule has 0 radical (unpaired) electrons. The molecule has 2 nitrogen and oxygen atoms in total. The van der Waals surface area contributed by atoms with Crippen molar-refractivity contribution < 1.29 is 9.18 Å². The summed E-state index contributed by atoms with van der Waals surface area (Å²) in [5.74, 6) is -0.0691. The summed E-state index contributed by atoms with van der Waals surface area (Å²) in [4.78, 5) is 10.9. The molecule has 0 aromatic heterocycles. The summed E-state index contributed by atoms with van der Waals surface area (Å²) in [6.07, 6.45) is 4.36. The Hall–Kier alpha value is -0.380. The first-order valence-electron chi connectivity index (χ1n) is 4.38. The number of hydrogen-bond donors (Lipinski definition) is 1. The minimum absolute atomic E-state index is 0.0400. The third-order valence-corrected chi connectivity index (χ3v) is 2.97. The molecule has 1 fully saturated rings. The Bertz CT molecular complexity index is 228. The highest BCUT2D eigenvalue weighted by molar-refractivity contribution is 9.10. The first kappa shape index (κ1) is 10.7. The van der Waals surface area contributed by atoms with Crippen LogP contribution in [0.4, 0.5) is 4.39 Å². The molecule has 2 unspecified atom stereocenters. The Labute approximate surface area is 85.7 Å². The van der Waals surface area contributed by atoms with Crippen LogP contribution in [-0.2, 0) is 4.79 Å². The molecule has 1 amide bonds. The third kappa shape index (κ3) is 3.46.